The molecule has 116 valence electrons. The number of carboxylic acid groups (broad SMARTS) is 1. The largest absolute Gasteiger partial charge is 0.492 e. The van der Waals surface area contributed by atoms with E-state index in [4.69, 9.17) is 14.9 Å². The molecule has 1 aromatic carbocycles. The maximum absolute atomic E-state index is 10.5. The van der Waals surface area contributed by atoms with Gasteiger partial charge in [-0.25, -0.2) is 4.79 Å². The smallest absolute Gasteiger partial charge is 0.328 e. The van der Waals surface area contributed by atoms with Gasteiger partial charge in [0.2, 0.25) is 0 Å². The zero-order valence-corrected chi connectivity index (χ0v) is 12.4. The second kappa shape index (κ2) is 9.96. The Hall–Kier alpha value is -1.85. The minimum absolute atomic E-state index is 0.148. The number of benzene rings is 1. The van der Waals surface area contributed by atoms with E-state index in [-0.39, 0.29) is 6.61 Å². The van der Waals surface area contributed by atoms with Crippen molar-refractivity contribution in [1.82, 2.24) is 4.90 Å². The van der Waals surface area contributed by atoms with E-state index in [9.17, 15) is 4.79 Å². The quantitative estimate of drug-likeness (QED) is 0.644. The fraction of sp³-hybridized carbons (Fsp3) is 0.438. The van der Waals surface area contributed by atoms with Crippen LogP contribution in [0.4, 0.5) is 0 Å². The summed E-state index contributed by atoms with van der Waals surface area (Å²) in [6.07, 6.45) is 3.67. The van der Waals surface area contributed by atoms with Gasteiger partial charge in [-0.1, -0.05) is 19.1 Å². The van der Waals surface area contributed by atoms with Gasteiger partial charge in [-0.05, 0) is 36.7 Å². The predicted molar refractivity (Wildman–Crippen MR) is 82.4 cm³/mol. The molecule has 0 fully saturated rings. The highest BCUT2D eigenvalue weighted by molar-refractivity contribution is 5.85. The van der Waals surface area contributed by atoms with E-state index in [1.807, 2.05) is 18.2 Å². The average molecular weight is 293 g/mol. The van der Waals surface area contributed by atoms with Crippen LogP contribution in [0, 0.1) is 0 Å². The molecular formula is C16H23NO4. The number of aliphatic hydroxyl groups is 1. The SMILES string of the molecule is CCCN(CCO)CCOc1cccc(C=CC(=O)O)c1. The third-order valence-electron chi connectivity index (χ3n) is 2.91. The van der Waals surface area contributed by atoms with Gasteiger partial charge < -0.3 is 14.9 Å². The van der Waals surface area contributed by atoms with Crippen molar-refractivity contribution in [2.24, 2.45) is 0 Å². The Balaban J connectivity index is 2.47. The zero-order chi connectivity index (χ0) is 15.5. The Morgan fingerprint density at radius 3 is 2.81 bits per heavy atom. The molecule has 0 spiro atoms. The first-order valence-corrected chi connectivity index (χ1v) is 7.12. The number of hydrogen-bond acceptors (Lipinski definition) is 4. The molecule has 1 rings (SSSR count). The van der Waals surface area contributed by atoms with Gasteiger partial charge in [0.15, 0.2) is 0 Å². The van der Waals surface area contributed by atoms with E-state index in [2.05, 4.69) is 11.8 Å². The first kappa shape index (κ1) is 17.2. The summed E-state index contributed by atoms with van der Waals surface area (Å²) in [4.78, 5) is 12.6. The summed E-state index contributed by atoms with van der Waals surface area (Å²) in [5.74, 6) is -0.261. The van der Waals surface area contributed by atoms with Crippen LogP contribution >= 0.6 is 0 Å². The van der Waals surface area contributed by atoms with Gasteiger partial charge in [-0.15, -0.1) is 0 Å². The monoisotopic (exact) mass is 293 g/mol. The van der Waals surface area contributed by atoms with Crippen LogP contribution < -0.4 is 4.74 Å². The van der Waals surface area contributed by atoms with Crippen molar-refractivity contribution in [3.05, 3.63) is 35.9 Å². The number of carboxylic acids is 1. The lowest BCUT2D eigenvalue weighted by atomic mass is 10.2. The van der Waals surface area contributed by atoms with Gasteiger partial charge in [-0.2, -0.15) is 0 Å². The molecule has 0 atom stereocenters. The van der Waals surface area contributed by atoms with Crippen LogP contribution in [-0.2, 0) is 4.79 Å². The zero-order valence-electron chi connectivity index (χ0n) is 12.4. The molecule has 0 bridgehead atoms. The van der Waals surface area contributed by atoms with Crippen molar-refractivity contribution in [3.8, 4) is 5.75 Å². The molecule has 5 nitrogen and oxygen atoms in total. The van der Waals surface area contributed by atoms with Gasteiger partial charge in [0.25, 0.3) is 0 Å². The second-order valence-electron chi connectivity index (χ2n) is 4.66. The Morgan fingerprint density at radius 2 is 2.14 bits per heavy atom. The van der Waals surface area contributed by atoms with Crippen LogP contribution in [0.5, 0.6) is 5.75 Å². The van der Waals surface area contributed by atoms with Crippen LogP contribution in [0.2, 0.25) is 0 Å². The molecule has 0 saturated carbocycles. The van der Waals surface area contributed by atoms with Crippen LogP contribution in [-0.4, -0.2) is 53.9 Å². The van der Waals surface area contributed by atoms with Crippen molar-refractivity contribution < 1.29 is 19.7 Å². The van der Waals surface area contributed by atoms with Crippen LogP contribution in [0.15, 0.2) is 30.3 Å². The molecule has 0 aliphatic carbocycles. The van der Waals surface area contributed by atoms with Crippen LogP contribution in [0.3, 0.4) is 0 Å². The van der Waals surface area contributed by atoms with Gasteiger partial charge in [0, 0.05) is 19.2 Å². The Bertz CT molecular complexity index is 453. The van der Waals surface area contributed by atoms with Crippen LogP contribution in [0.25, 0.3) is 6.08 Å². The minimum atomic E-state index is -0.972. The third-order valence-corrected chi connectivity index (χ3v) is 2.91. The molecular weight excluding hydrogens is 270 g/mol. The highest BCUT2D eigenvalue weighted by Crippen LogP contribution is 2.14. The van der Waals surface area contributed by atoms with Crippen molar-refractivity contribution in [2.45, 2.75) is 13.3 Å². The van der Waals surface area contributed by atoms with Crippen molar-refractivity contribution in [2.75, 3.05) is 32.8 Å². The number of rotatable bonds is 10. The molecule has 0 heterocycles. The molecule has 0 unspecified atom stereocenters. The predicted octanol–water partition coefficient (Wildman–Crippen LogP) is 1.87. The molecule has 0 aliphatic heterocycles. The second-order valence-corrected chi connectivity index (χ2v) is 4.66. The summed E-state index contributed by atoms with van der Waals surface area (Å²) < 4.78 is 5.67. The molecule has 0 saturated heterocycles. The van der Waals surface area contributed by atoms with E-state index in [1.165, 1.54) is 6.08 Å². The van der Waals surface area contributed by atoms with E-state index < -0.39 is 5.97 Å². The third kappa shape index (κ3) is 7.48. The van der Waals surface area contributed by atoms with E-state index in [1.54, 1.807) is 6.07 Å². The van der Waals surface area contributed by atoms with Crippen molar-refractivity contribution in [3.63, 3.8) is 0 Å². The fourth-order valence-corrected chi connectivity index (χ4v) is 1.96. The fourth-order valence-electron chi connectivity index (χ4n) is 1.96. The molecule has 21 heavy (non-hydrogen) atoms. The number of ether oxygens (including phenoxy) is 1. The summed E-state index contributed by atoms with van der Waals surface area (Å²) in [5.41, 5.74) is 0.788. The standard InChI is InChI=1S/C16H23NO4/c1-2-8-17(9-11-18)10-12-21-15-5-3-4-14(13-15)6-7-16(19)20/h3-7,13,18H,2,8-12H2,1H3,(H,19,20). The molecule has 0 radical (unpaired) electrons. The summed E-state index contributed by atoms with van der Waals surface area (Å²) in [5, 5.41) is 17.6. The first-order chi connectivity index (χ1) is 10.2. The Kier molecular flexibility index (Phi) is 8.16. The van der Waals surface area contributed by atoms with Crippen molar-refractivity contribution >= 4 is 12.0 Å². The van der Waals surface area contributed by atoms with Gasteiger partial charge in [-0.3, -0.25) is 4.90 Å². The van der Waals surface area contributed by atoms with Gasteiger partial charge in [0.1, 0.15) is 12.4 Å². The lowest BCUT2D eigenvalue weighted by Gasteiger charge is -2.20. The number of aliphatic carboxylic acids is 1. The Labute approximate surface area is 125 Å². The molecule has 0 aromatic heterocycles. The molecule has 5 heteroatoms. The highest BCUT2D eigenvalue weighted by atomic mass is 16.5. The van der Waals surface area contributed by atoms with E-state index in [0.717, 1.165) is 31.1 Å². The normalized spacial score (nSPS) is 11.2. The molecule has 2 N–H and O–H groups in total. The average Bonchev–Trinajstić information content (AvgIpc) is 2.46. The van der Waals surface area contributed by atoms with Crippen molar-refractivity contribution in [1.29, 1.82) is 0 Å². The topological polar surface area (TPSA) is 70.0 Å². The lowest BCUT2D eigenvalue weighted by Crippen LogP contribution is -2.31. The molecule has 0 amide bonds. The summed E-state index contributed by atoms with van der Waals surface area (Å²) in [6.45, 7) is 5.12. The van der Waals surface area contributed by atoms with Gasteiger partial charge >= 0.3 is 5.97 Å². The number of nitrogens with zero attached hydrogens (tertiary/aromatic N) is 1. The maximum atomic E-state index is 10.5. The van der Waals surface area contributed by atoms with Crippen LogP contribution in [0.1, 0.15) is 18.9 Å². The number of hydrogen-bond donors (Lipinski definition) is 2. The van der Waals surface area contributed by atoms with Gasteiger partial charge in [0.05, 0.1) is 6.61 Å². The minimum Gasteiger partial charge on any atom is -0.492 e. The summed E-state index contributed by atoms with van der Waals surface area (Å²) in [7, 11) is 0. The molecule has 1 aromatic rings. The maximum Gasteiger partial charge on any atom is 0.328 e. The highest BCUT2D eigenvalue weighted by Gasteiger charge is 2.03. The summed E-state index contributed by atoms with van der Waals surface area (Å²) in [6, 6.07) is 7.29. The Morgan fingerprint density at radius 1 is 1.33 bits per heavy atom. The first-order valence-electron chi connectivity index (χ1n) is 7.12. The number of carbonyl (C=O) groups is 1. The lowest BCUT2D eigenvalue weighted by molar-refractivity contribution is -0.131. The summed E-state index contributed by atoms with van der Waals surface area (Å²) >= 11 is 0. The van der Waals surface area contributed by atoms with E-state index in [0.29, 0.717) is 18.9 Å². The number of aliphatic hydroxyl groups excluding tert-OH is 1. The molecule has 0 aliphatic rings. The van der Waals surface area contributed by atoms with E-state index >= 15 is 0 Å².